The summed E-state index contributed by atoms with van der Waals surface area (Å²) in [5.74, 6) is 0.134. The number of hydrogen-bond acceptors (Lipinski definition) is 7. The van der Waals surface area contributed by atoms with Crippen molar-refractivity contribution in [3.63, 3.8) is 0 Å². The zero-order valence-electron chi connectivity index (χ0n) is 17.5. The first kappa shape index (κ1) is 23.8. The normalized spacial score (nSPS) is 15.0. The maximum atomic E-state index is 12.7. The maximum absolute atomic E-state index is 12.7. The minimum atomic E-state index is -0.453. The first-order valence-corrected chi connectivity index (χ1v) is 11.6. The highest BCUT2D eigenvalue weighted by Gasteiger charge is 2.35. The van der Waals surface area contributed by atoms with Crippen LogP contribution in [0.1, 0.15) is 5.56 Å². The Morgan fingerprint density at radius 2 is 1.79 bits per heavy atom. The molecule has 172 valence electrons. The van der Waals surface area contributed by atoms with Crippen molar-refractivity contribution in [2.75, 3.05) is 13.2 Å². The van der Waals surface area contributed by atoms with E-state index in [4.69, 9.17) is 27.9 Å². The molecule has 1 aliphatic rings. The molecule has 0 aliphatic carbocycles. The Balaban J connectivity index is 1.47. The molecule has 0 unspecified atom stereocenters. The maximum Gasteiger partial charge on any atom is 0.293 e. The molecule has 4 rings (SSSR count). The molecule has 0 radical (unpaired) electrons. The molecule has 0 saturated carbocycles. The number of azo groups is 1. The van der Waals surface area contributed by atoms with Gasteiger partial charge in [0.05, 0.1) is 22.2 Å². The lowest BCUT2D eigenvalue weighted by molar-refractivity contribution is -0.123. The Labute approximate surface area is 209 Å². The average Bonchev–Trinajstić information content (AvgIpc) is 3.08. The predicted octanol–water partition coefficient (Wildman–Crippen LogP) is 7.23. The number of amides is 2. The largest absolute Gasteiger partial charge is 0.507 e. The van der Waals surface area contributed by atoms with Crippen molar-refractivity contribution in [3.8, 4) is 11.5 Å². The Hall–Kier alpha value is -3.33. The molecule has 0 aromatic heterocycles. The van der Waals surface area contributed by atoms with Gasteiger partial charge in [-0.25, -0.2) is 0 Å². The highest BCUT2D eigenvalue weighted by atomic mass is 35.5. The molecular formula is C24H17Cl2N3O4S. The molecule has 0 atom stereocenters. The van der Waals surface area contributed by atoms with E-state index in [1.54, 1.807) is 42.5 Å². The monoisotopic (exact) mass is 513 g/mol. The number of halogens is 2. The molecule has 1 saturated heterocycles. The number of phenols is 1. The summed E-state index contributed by atoms with van der Waals surface area (Å²) in [5, 5.41) is 18.9. The standard InChI is InChI=1S/C24H17Cl2N3O4S/c25-16-6-8-20(19(26)14-16)28-27-17-7-9-21(30)15(12-17)13-22-23(31)29(24(32)34-22)10-11-33-18-4-2-1-3-5-18/h1-9,12-14,30H,10-11H2/b22-13-,28-27?. The third-order valence-corrected chi connectivity index (χ3v) is 6.13. The van der Waals surface area contributed by atoms with Gasteiger partial charge in [0, 0.05) is 10.6 Å². The van der Waals surface area contributed by atoms with E-state index in [1.807, 2.05) is 18.2 Å². The summed E-state index contributed by atoms with van der Waals surface area (Å²) in [5.41, 5.74) is 1.18. The Morgan fingerprint density at radius 1 is 1.00 bits per heavy atom. The van der Waals surface area contributed by atoms with Crippen LogP contribution in [-0.2, 0) is 4.79 Å². The summed E-state index contributed by atoms with van der Waals surface area (Å²) in [6.07, 6.45) is 1.45. The van der Waals surface area contributed by atoms with Gasteiger partial charge < -0.3 is 9.84 Å². The Morgan fingerprint density at radius 3 is 2.56 bits per heavy atom. The molecule has 7 nitrogen and oxygen atoms in total. The third kappa shape index (κ3) is 5.77. The number of thioether (sulfide) groups is 1. The number of carbonyl (C=O) groups is 2. The van der Waals surface area contributed by atoms with Gasteiger partial charge in [-0.15, -0.1) is 5.11 Å². The SMILES string of the molecule is O=C1S/C(=C\c2cc(N=Nc3ccc(Cl)cc3Cl)ccc2O)C(=O)N1CCOc1ccccc1. The molecule has 34 heavy (non-hydrogen) atoms. The lowest BCUT2D eigenvalue weighted by Gasteiger charge is -2.13. The summed E-state index contributed by atoms with van der Waals surface area (Å²) in [6, 6.07) is 18.5. The van der Waals surface area contributed by atoms with E-state index in [1.165, 1.54) is 12.1 Å². The van der Waals surface area contributed by atoms with Gasteiger partial charge in [0.25, 0.3) is 11.1 Å². The second-order valence-electron chi connectivity index (χ2n) is 7.03. The molecule has 3 aromatic carbocycles. The van der Waals surface area contributed by atoms with Crippen molar-refractivity contribution in [2.24, 2.45) is 10.2 Å². The van der Waals surface area contributed by atoms with E-state index in [2.05, 4.69) is 10.2 Å². The molecule has 10 heteroatoms. The van der Waals surface area contributed by atoms with Crippen LogP contribution in [-0.4, -0.2) is 34.3 Å². The number of aromatic hydroxyl groups is 1. The van der Waals surface area contributed by atoms with Gasteiger partial charge in [-0.2, -0.15) is 5.11 Å². The highest BCUT2D eigenvalue weighted by molar-refractivity contribution is 8.18. The van der Waals surface area contributed by atoms with Gasteiger partial charge >= 0.3 is 0 Å². The second kappa shape index (κ2) is 10.7. The number of nitrogens with zero attached hydrogens (tertiary/aromatic N) is 3. The summed E-state index contributed by atoms with van der Waals surface area (Å²) in [7, 11) is 0. The summed E-state index contributed by atoms with van der Waals surface area (Å²) >= 11 is 12.8. The fourth-order valence-electron chi connectivity index (χ4n) is 3.00. The topological polar surface area (TPSA) is 91.6 Å². The van der Waals surface area contributed by atoms with E-state index in [0.29, 0.717) is 32.7 Å². The smallest absolute Gasteiger partial charge is 0.293 e. The fourth-order valence-corrected chi connectivity index (χ4v) is 4.30. The molecule has 3 aromatic rings. The Kier molecular flexibility index (Phi) is 7.52. The predicted molar refractivity (Wildman–Crippen MR) is 133 cm³/mol. The number of carbonyl (C=O) groups excluding carboxylic acids is 2. The van der Waals surface area contributed by atoms with Crippen molar-refractivity contribution >= 4 is 63.6 Å². The molecule has 0 spiro atoms. The van der Waals surface area contributed by atoms with Crippen molar-refractivity contribution in [1.29, 1.82) is 0 Å². The Bertz CT molecular complexity index is 1300. The van der Waals surface area contributed by atoms with Crippen molar-refractivity contribution in [1.82, 2.24) is 4.90 Å². The number of ether oxygens (including phenoxy) is 1. The van der Waals surface area contributed by atoms with Crippen LogP contribution in [0.5, 0.6) is 11.5 Å². The number of phenolic OH excluding ortho intramolecular Hbond substituents is 1. The van der Waals surface area contributed by atoms with Gasteiger partial charge in [0.2, 0.25) is 0 Å². The molecule has 1 fully saturated rings. The van der Waals surface area contributed by atoms with Crippen LogP contribution in [0.2, 0.25) is 10.0 Å². The number of para-hydroxylation sites is 1. The lowest BCUT2D eigenvalue weighted by atomic mass is 10.1. The first-order chi connectivity index (χ1) is 16.4. The van der Waals surface area contributed by atoms with Gasteiger partial charge in [0.15, 0.2) is 0 Å². The minimum absolute atomic E-state index is 0.0670. The number of benzene rings is 3. The summed E-state index contributed by atoms with van der Waals surface area (Å²) < 4.78 is 5.58. The quantitative estimate of drug-likeness (QED) is 0.265. The first-order valence-electron chi connectivity index (χ1n) is 10.0. The lowest BCUT2D eigenvalue weighted by Crippen LogP contribution is -2.32. The second-order valence-corrected chi connectivity index (χ2v) is 8.87. The third-order valence-electron chi connectivity index (χ3n) is 4.68. The van der Waals surface area contributed by atoms with Crippen LogP contribution in [0, 0.1) is 0 Å². The highest BCUT2D eigenvalue weighted by Crippen LogP contribution is 2.35. The summed E-state index contributed by atoms with van der Waals surface area (Å²) in [6.45, 7) is 0.280. The van der Waals surface area contributed by atoms with Crippen LogP contribution in [0.15, 0.2) is 81.9 Å². The zero-order valence-corrected chi connectivity index (χ0v) is 19.8. The number of rotatable bonds is 7. The van der Waals surface area contributed by atoms with Crippen LogP contribution in [0.4, 0.5) is 16.2 Å². The fraction of sp³-hybridized carbons (Fsp3) is 0.0833. The van der Waals surface area contributed by atoms with Crippen LogP contribution < -0.4 is 4.74 Å². The minimum Gasteiger partial charge on any atom is -0.507 e. The number of imide groups is 1. The average molecular weight is 514 g/mol. The zero-order chi connectivity index (χ0) is 24.1. The van der Waals surface area contributed by atoms with Gasteiger partial charge in [-0.1, -0.05) is 41.4 Å². The molecule has 1 N–H and O–H groups in total. The van der Waals surface area contributed by atoms with Gasteiger partial charge in [-0.3, -0.25) is 14.5 Å². The summed E-state index contributed by atoms with van der Waals surface area (Å²) in [4.78, 5) is 26.4. The molecular weight excluding hydrogens is 497 g/mol. The van der Waals surface area contributed by atoms with E-state index in [-0.39, 0.29) is 23.8 Å². The van der Waals surface area contributed by atoms with E-state index >= 15 is 0 Å². The molecule has 0 bridgehead atoms. The van der Waals surface area contributed by atoms with Crippen molar-refractivity contribution in [3.05, 3.63) is 87.2 Å². The van der Waals surface area contributed by atoms with Gasteiger partial charge in [-0.05, 0) is 66.4 Å². The van der Waals surface area contributed by atoms with Gasteiger partial charge in [0.1, 0.15) is 23.8 Å². The molecule has 2 amide bonds. The van der Waals surface area contributed by atoms with E-state index in [9.17, 15) is 14.7 Å². The van der Waals surface area contributed by atoms with E-state index in [0.717, 1.165) is 16.7 Å². The van der Waals surface area contributed by atoms with Crippen LogP contribution >= 0.6 is 35.0 Å². The van der Waals surface area contributed by atoms with Crippen molar-refractivity contribution in [2.45, 2.75) is 0 Å². The number of hydrogen-bond donors (Lipinski definition) is 1. The molecule has 1 heterocycles. The molecule has 1 aliphatic heterocycles. The van der Waals surface area contributed by atoms with Crippen molar-refractivity contribution < 1.29 is 19.4 Å². The van der Waals surface area contributed by atoms with E-state index < -0.39 is 11.1 Å². The van der Waals surface area contributed by atoms with Crippen LogP contribution in [0.25, 0.3) is 6.08 Å². The van der Waals surface area contributed by atoms with Crippen LogP contribution in [0.3, 0.4) is 0 Å².